The molecule has 0 aliphatic rings. The number of benzene rings is 1. The number of aromatic nitrogens is 2. The molecule has 4 heteroatoms. The van der Waals surface area contributed by atoms with Gasteiger partial charge in [0.15, 0.2) is 0 Å². The van der Waals surface area contributed by atoms with E-state index in [1.165, 1.54) is 0 Å². The van der Waals surface area contributed by atoms with Gasteiger partial charge < -0.3 is 4.74 Å². The number of ether oxygens (including phenoxy) is 1. The molecule has 0 saturated carbocycles. The van der Waals surface area contributed by atoms with Crippen LogP contribution in [0.1, 0.15) is 0 Å². The highest BCUT2D eigenvalue weighted by Crippen LogP contribution is 2.30. The number of fused-ring (bicyclic) bond motifs is 1. The summed E-state index contributed by atoms with van der Waals surface area (Å²) in [6.07, 6.45) is 3.33. The zero-order chi connectivity index (χ0) is 9.26. The Kier molecular flexibility index (Phi) is 2.14. The summed E-state index contributed by atoms with van der Waals surface area (Å²) in [5.41, 5.74) is 1.68. The molecule has 0 aliphatic heterocycles. The molecule has 13 heavy (non-hydrogen) atoms. The molecule has 1 aromatic heterocycles. The summed E-state index contributed by atoms with van der Waals surface area (Å²) >= 11 is 3.41. The minimum absolute atomic E-state index is 0.771. The highest BCUT2D eigenvalue weighted by Gasteiger charge is 2.05. The van der Waals surface area contributed by atoms with Gasteiger partial charge in [-0.3, -0.25) is 9.97 Å². The Morgan fingerprint density at radius 2 is 2.00 bits per heavy atom. The fourth-order valence-electron chi connectivity index (χ4n) is 1.14. The van der Waals surface area contributed by atoms with Gasteiger partial charge in [0.2, 0.25) is 0 Å². The molecule has 1 heterocycles. The maximum atomic E-state index is 5.14. The Balaban J connectivity index is 2.79. The maximum Gasteiger partial charge on any atom is 0.135 e. The third kappa shape index (κ3) is 1.37. The normalized spacial score (nSPS) is 10.3. The fourth-order valence-corrected chi connectivity index (χ4v) is 1.74. The Morgan fingerprint density at radius 1 is 1.23 bits per heavy atom. The van der Waals surface area contributed by atoms with Crippen molar-refractivity contribution in [1.29, 1.82) is 0 Å². The van der Waals surface area contributed by atoms with E-state index in [-0.39, 0.29) is 0 Å². The molecule has 0 bridgehead atoms. The molecule has 0 amide bonds. The lowest BCUT2D eigenvalue weighted by atomic mass is 10.3. The van der Waals surface area contributed by atoms with Crippen LogP contribution in [0.25, 0.3) is 11.0 Å². The van der Waals surface area contributed by atoms with Gasteiger partial charge >= 0.3 is 0 Å². The second-order valence-corrected chi connectivity index (χ2v) is 3.30. The minimum atomic E-state index is 0.771. The number of methoxy groups -OCH3 is 1. The van der Waals surface area contributed by atoms with Gasteiger partial charge in [0.1, 0.15) is 11.3 Å². The monoisotopic (exact) mass is 238 g/mol. The number of nitrogens with zero attached hydrogens (tertiary/aromatic N) is 2. The van der Waals surface area contributed by atoms with Gasteiger partial charge in [0, 0.05) is 12.4 Å². The van der Waals surface area contributed by atoms with E-state index in [4.69, 9.17) is 4.74 Å². The predicted octanol–water partition coefficient (Wildman–Crippen LogP) is 2.40. The highest BCUT2D eigenvalue weighted by atomic mass is 79.9. The first-order chi connectivity index (χ1) is 6.33. The van der Waals surface area contributed by atoms with Crippen LogP contribution in [-0.2, 0) is 0 Å². The van der Waals surface area contributed by atoms with Crippen LogP contribution in [-0.4, -0.2) is 17.1 Å². The van der Waals surface area contributed by atoms with Crippen LogP contribution >= 0.6 is 15.9 Å². The van der Waals surface area contributed by atoms with Crippen molar-refractivity contribution < 1.29 is 4.74 Å². The lowest BCUT2D eigenvalue weighted by Crippen LogP contribution is -1.88. The van der Waals surface area contributed by atoms with Gasteiger partial charge in [-0.2, -0.15) is 0 Å². The Morgan fingerprint density at radius 3 is 2.77 bits per heavy atom. The highest BCUT2D eigenvalue weighted by molar-refractivity contribution is 9.10. The van der Waals surface area contributed by atoms with Crippen molar-refractivity contribution >= 4 is 27.0 Å². The number of hydrogen-bond acceptors (Lipinski definition) is 3. The second-order valence-electron chi connectivity index (χ2n) is 2.51. The van der Waals surface area contributed by atoms with Crippen LogP contribution in [0.5, 0.6) is 5.75 Å². The molecule has 2 rings (SSSR count). The molecule has 66 valence electrons. The van der Waals surface area contributed by atoms with Crippen molar-refractivity contribution in [3.8, 4) is 5.75 Å². The summed E-state index contributed by atoms with van der Waals surface area (Å²) < 4.78 is 5.99. The molecule has 3 nitrogen and oxygen atoms in total. The molecule has 1 aromatic carbocycles. The molecule has 0 fully saturated rings. The Bertz CT molecular complexity index is 445. The van der Waals surface area contributed by atoms with Gasteiger partial charge in [-0.05, 0) is 28.1 Å². The number of halogens is 1. The van der Waals surface area contributed by atoms with Gasteiger partial charge in [-0.15, -0.1) is 0 Å². The van der Waals surface area contributed by atoms with Crippen molar-refractivity contribution in [2.24, 2.45) is 0 Å². The number of rotatable bonds is 1. The molecular weight excluding hydrogens is 232 g/mol. The lowest BCUT2D eigenvalue weighted by Gasteiger charge is -2.04. The van der Waals surface area contributed by atoms with E-state index in [0.717, 1.165) is 21.3 Å². The Labute approximate surface area is 83.9 Å². The molecule has 0 radical (unpaired) electrons. The van der Waals surface area contributed by atoms with Crippen LogP contribution in [0.4, 0.5) is 0 Å². The van der Waals surface area contributed by atoms with E-state index >= 15 is 0 Å². The zero-order valence-corrected chi connectivity index (χ0v) is 8.58. The van der Waals surface area contributed by atoms with Gasteiger partial charge in [0.05, 0.1) is 17.1 Å². The molecule has 2 aromatic rings. The standard InChI is InChI=1S/C9H7BrN2O/c1-13-7-3-2-6-9(8(7)10)12-5-4-11-6/h2-5H,1H3. The molecule has 0 unspecified atom stereocenters. The summed E-state index contributed by atoms with van der Waals surface area (Å²) in [6, 6.07) is 3.74. The van der Waals surface area contributed by atoms with E-state index in [1.807, 2.05) is 12.1 Å². The van der Waals surface area contributed by atoms with Crippen molar-refractivity contribution in [3.05, 3.63) is 29.0 Å². The molecule has 0 spiro atoms. The van der Waals surface area contributed by atoms with Crippen molar-refractivity contribution in [3.63, 3.8) is 0 Å². The Hall–Kier alpha value is -1.16. The minimum Gasteiger partial charge on any atom is -0.495 e. The van der Waals surface area contributed by atoms with Crippen molar-refractivity contribution in [2.45, 2.75) is 0 Å². The van der Waals surface area contributed by atoms with E-state index < -0.39 is 0 Å². The summed E-state index contributed by atoms with van der Waals surface area (Å²) in [7, 11) is 1.63. The first kappa shape index (κ1) is 8.44. The van der Waals surface area contributed by atoms with Crippen LogP contribution in [0.15, 0.2) is 29.0 Å². The third-order valence-electron chi connectivity index (χ3n) is 1.76. The average molecular weight is 239 g/mol. The molecular formula is C9H7BrN2O. The SMILES string of the molecule is COc1ccc2nccnc2c1Br. The summed E-state index contributed by atoms with van der Waals surface area (Å²) in [6.45, 7) is 0. The average Bonchev–Trinajstić information content (AvgIpc) is 2.19. The summed E-state index contributed by atoms with van der Waals surface area (Å²) in [5.74, 6) is 0.771. The second kappa shape index (κ2) is 3.30. The fraction of sp³-hybridized carbons (Fsp3) is 0.111. The topological polar surface area (TPSA) is 35.0 Å². The van der Waals surface area contributed by atoms with E-state index in [2.05, 4.69) is 25.9 Å². The first-order valence-electron chi connectivity index (χ1n) is 3.76. The quantitative estimate of drug-likeness (QED) is 0.766. The van der Waals surface area contributed by atoms with Crippen molar-refractivity contribution in [1.82, 2.24) is 9.97 Å². The largest absolute Gasteiger partial charge is 0.495 e. The summed E-state index contributed by atoms with van der Waals surface area (Å²) in [4.78, 5) is 8.37. The maximum absolute atomic E-state index is 5.14. The van der Waals surface area contributed by atoms with E-state index in [0.29, 0.717) is 0 Å². The molecule has 0 N–H and O–H groups in total. The number of hydrogen-bond donors (Lipinski definition) is 0. The van der Waals surface area contributed by atoms with Gasteiger partial charge in [-0.25, -0.2) is 0 Å². The van der Waals surface area contributed by atoms with Crippen LogP contribution in [0.2, 0.25) is 0 Å². The molecule has 0 saturated heterocycles. The molecule has 0 atom stereocenters. The van der Waals surface area contributed by atoms with Gasteiger partial charge in [0.25, 0.3) is 0 Å². The lowest BCUT2D eigenvalue weighted by molar-refractivity contribution is 0.413. The van der Waals surface area contributed by atoms with Crippen LogP contribution < -0.4 is 4.74 Å². The third-order valence-corrected chi connectivity index (χ3v) is 2.53. The molecule has 0 aliphatic carbocycles. The van der Waals surface area contributed by atoms with Crippen molar-refractivity contribution in [2.75, 3.05) is 7.11 Å². The zero-order valence-electron chi connectivity index (χ0n) is 6.99. The van der Waals surface area contributed by atoms with Crippen LogP contribution in [0.3, 0.4) is 0 Å². The predicted molar refractivity (Wildman–Crippen MR) is 53.8 cm³/mol. The smallest absolute Gasteiger partial charge is 0.135 e. The first-order valence-corrected chi connectivity index (χ1v) is 4.55. The van der Waals surface area contributed by atoms with Gasteiger partial charge in [-0.1, -0.05) is 0 Å². The van der Waals surface area contributed by atoms with E-state index in [1.54, 1.807) is 19.5 Å². The van der Waals surface area contributed by atoms with Crippen LogP contribution in [0, 0.1) is 0 Å². The van der Waals surface area contributed by atoms with E-state index in [9.17, 15) is 0 Å². The summed E-state index contributed by atoms with van der Waals surface area (Å²) in [5, 5.41) is 0.